The van der Waals surface area contributed by atoms with E-state index >= 15 is 0 Å². The van der Waals surface area contributed by atoms with Crippen LogP contribution in [0.4, 0.5) is 0 Å². The molecular weight excluding hydrogens is 206 g/mol. The van der Waals surface area contributed by atoms with Gasteiger partial charge in [-0.1, -0.05) is 18.9 Å². The zero-order chi connectivity index (χ0) is 10.7. The Morgan fingerprint density at radius 2 is 2.47 bits per heavy atom. The Bertz CT molecular complexity index is 297. The van der Waals surface area contributed by atoms with Crippen LogP contribution in [0.5, 0.6) is 0 Å². The van der Waals surface area contributed by atoms with Crippen molar-refractivity contribution in [1.29, 1.82) is 0 Å². The van der Waals surface area contributed by atoms with Crippen LogP contribution in [0, 0.1) is 5.92 Å². The minimum Gasteiger partial charge on any atom is -0.384 e. The lowest BCUT2D eigenvalue weighted by Gasteiger charge is -2.39. The third-order valence-corrected chi connectivity index (χ3v) is 4.47. The summed E-state index contributed by atoms with van der Waals surface area (Å²) in [7, 11) is 1.96. The lowest BCUT2D eigenvalue weighted by atomic mass is 9.74. The van der Waals surface area contributed by atoms with E-state index in [4.69, 9.17) is 0 Å². The Hall–Kier alpha value is -0.380. The molecule has 2 rings (SSSR count). The highest BCUT2D eigenvalue weighted by Gasteiger charge is 2.40. The predicted octanol–water partition coefficient (Wildman–Crippen LogP) is 2.35. The molecular formula is C12H19NOS. The van der Waals surface area contributed by atoms with Crippen molar-refractivity contribution in [2.75, 3.05) is 13.6 Å². The lowest BCUT2D eigenvalue weighted by Crippen LogP contribution is -2.42. The minimum absolute atomic E-state index is 0.370. The van der Waals surface area contributed by atoms with Gasteiger partial charge in [-0.25, -0.2) is 0 Å². The Balaban J connectivity index is 2.21. The summed E-state index contributed by atoms with van der Waals surface area (Å²) in [5.41, 5.74) is -0.574. The molecule has 0 bridgehead atoms. The second-order valence-corrected chi connectivity index (χ2v) is 5.35. The summed E-state index contributed by atoms with van der Waals surface area (Å²) in [4.78, 5) is 1.14. The molecule has 1 aliphatic carbocycles. The summed E-state index contributed by atoms with van der Waals surface area (Å²) < 4.78 is 0. The van der Waals surface area contributed by atoms with Crippen LogP contribution < -0.4 is 5.32 Å². The zero-order valence-corrected chi connectivity index (χ0v) is 10.0. The lowest BCUT2D eigenvalue weighted by molar-refractivity contribution is -0.0498. The third kappa shape index (κ3) is 2.10. The number of thiophene rings is 1. The van der Waals surface area contributed by atoms with E-state index in [0.717, 1.165) is 30.7 Å². The first-order chi connectivity index (χ1) is 7.27. The Kier molecular flexibility index (Phi) is 3.44. The van der Waals surface area contributed by atoms with E-state index < -0.39 is 5.60 Å². The number of hydrogen-bond acceptors (Lipinski definition) is 3. The van der Waals surface area contributed by atoms with E-state index in [1.165, 1.54) is 6.42 Å². The molecule has 3 heteroatoms. The molecule has 0 radical (unpaired) electrons. The van der Waals surface area contributed by atoms with E-state index in [1.807, 2.05) is 13.1 Å². The van der Waals surface area contributed by atoms with Crippen LogP contribution in [0.1, 0.15) is 30.6 Å². The minimum atomic E-state index is -0.574. The number of nitrogens with one attached hydrogen (secondary N) is 1. The van der Waals surface area contributed by atoms with Gasteiger partial charge in [0, 0.05) is 17.3 Å². The first kappa shape index (κ1) is 11.1. The van der Waals surface area contributed by atoms with Gasteiger partial charge in [0.1, 0.15) is 5.60 Å². The molecule has 1 heterocycles. The summed E-state index contributed by atoms with van der Waals surface area (Å²) in [5.74, 6) is 0.370. The van der Waals surface area contributed by atoms with Gasteiger partial charge in [-0.05, 0) is 31.3 Å². The fraction of sp³-hybridized carbons (Fsp3) is 0.667. The highest BCUT2D eigenvalue weighted by Crippen LogP contribution is 2.43. The molecule has 0 aromatic carbocycles. The van der Waals surface area contributed by atoms with Crippen molar-refractivity contribution in [1.82, 2.24) is 5.32 Å². The Morgan fingerprint density at radius 1 is 1.60 bits per heavy atom. The van der Waals surface area contributed by atoms with Crippen molar-refractivity contribution in [2.24, 2.45) is 5.92 Å². The summed E-state index contributed by atoms with van der Waals surface area (Å²) in [5, 5.41) is 16.0. The molecule has 2 atom stereocenters. The number of rotatable bonds is 3. The molecule has 1 saturated carbocycles. The summed E-state index contributed by atoms with van der Waals surface area (Å²) in [6.07, 6.45) is 4.45. The fourth-order valence-corrected chi connectivity index (χ4v) is 3.53. The summed E-state index contributed by atoms with van der Waals surface area (Å²) >= 11 is 1.68. The molecule has 2 nitrogen and oxygen atoms in total. The summed E-state index contributed by atoms with van der Waals surface area (Å²) in [6, 6.07) is 4.10. The molecule has 1 aromatic heterocycles. The average molecular weight is 225 g/mol. The molecule has 84 valence electrons. The first-order valence-corrected chi connectivity index (χ1v) is 6.56. The summed E-state index contributed by atoms with van der Waals surface area (Å²) in [6.45, 7) is 0.911. The van der Waals surface area contributed by atoms with E-state index in [2.05, 4.69) is 16.8 Å². The Morgan fingerprint density at radius 3 is 3.13 bits per heavy atom. The maximum Gasteiger partial charge on any atom is 0.103 e. The van der Waals surface area contributed by atoms with Crippen molar-refractivity contribution < 1.29 is 5.11 Å². The molecule has 2 N–H and O–H groups in total. The second kappa shape index (κ2) is 4.64. The third-order valence-electron chi connectivity index (χ3n) is 3.43. The van der Waals surface area contributed by atoms with Crippen LogP contribution in [-0.2, 0) is 5.60 Å². The van der Waals surface area contributed by atoms with Gasteiger partial charge >= 0.3 is 0 Å². The normalized spacial score (nSPS) is 31.7. The molecule has 0 spiro atoms. The van der Waals surface area contributed by atoms with Gasteiger partial charge in [-0.2, -0.15) is 0 Å². The van der Waals surface area contributed by atoms with Gasteiger partial charge in [0.15, 0.2) is 0 Å². The quantitative estimate of drug-likeness (QED) is 0.827. The average Bonchev–Trinajstić information content (AvgIpc) is 2.75. The van der Waals surface area contributed by atoms with E-state index in [-0.39, 0.29) is 0 Å². The highest BCUT2D eigenvalue weighted by atomic mass is 32.1. The van der Waals surface area contributed by atoms with Crippen LogP contribution in [0.3, 0.4) is 0 Å². The monoisotopic (exact) mass is 225 g/mol. The topological polar surface area (TPSA) is 32.3 Å². The van der Waals surface area contributed by atoms with Gasteiger partial charge in [-0.3, -0.25) is 0 Å². The van der Waals surface area contributed by atoms with E-state index in [0.29, 0.717) is 5.92 Å². The predicted molar refractivity (Wildman–Crippen MR) is 64.1 cm³/mol. The molecule has 1 fully saturated rings. The van der Waals surface area contributed by atoms with Gasteiger partial charge < -0.3 is 10.4 Å². The molecule has 1 aromatic rings. The molecule has 15 heavy (non-hydrogen) atoms. The Labute approximate surface area is 95.3 Å². The second-order valence-electron chi connectivity index (χ2n) is 4.40. The van der Waals surface area contributed by atoms with E-state index in [1.54, 1.807) is 11.3 Å². The first-order valence-electron chi connectivity index (χ1n) is 5.68. The molecule has 2 unspecified atom stereocenters. The van der Waals surface area contributed by atoms with E-state index in [9.17, 15) is 5.11 Å². The molecule has 0 amide bonds. The highest BCUT2D eigenvalue weighted by molar-refractivity contribution is 7.10. The van der Waals surface area contributed by atoms with Crippen LogP contribution >= 0.6 is 11.3 Å². The smallest absolute Gasteiger partial charge is 0.103 e. The van der Waals surface area contributed by atoms with Gasteiger partial charge in [-0.15, -0.1) is 11.3 Å². The van der Waals surface area contributed by atoms with Crippen molar-refractivity contribution >= 4 is 11.3 Å². The number of hydrogen-bond donors (Lipinski definition) is 2. The van der Waals surface area contributed by atoms with Crippen molar-refractivity contribution in [3.63, 3.8) is 0 Å². The maximum atomic E-state index is 10.8. The molecule has 0 aliphatic heterocycles. The SMILES string of the molecule is CNCC1CCCCC1(O)c1cccs1. The number of aliphatic hydroxyl groups is 1. The van der Waals surface area contributed by atoms with Gasteiger partial charge in [0.25, 0.3) is 0 Å². The largest absolute Gasteiger partial charge is 0.384 e. The van der Waals surface area contributed by atoms with Crippen LogP contribution in [-0.4, -0.2) is 18.7 Å². The van der Waals surface area contributed by atoms with Crippen molar-refractivity contribution in [3.8, 4) is 0 Å². The van der Waals surface area contributed by atoms with Crippen LogP contribution in [0.25, 0.3) is 0 Å². The molecule has 1 aliphatic rings. The van der Waals surface area contributed by atoms with Crippen molar-refractivity contribution in [3.05, 3.63) is 22.4 Å². The van der Waals surface area contributed by atoms with Gasteiger partial charge in [0.05, 0.1) is 0 Å². The van der Waals surface area contributed by atoms with Crippen LogP contribution in [0.15, 0.2) is 17.5 Å². The van der Waals surface area contributed by atoms with Gasteiger partial charge in [0.2, 0.25) is 0 Å². The zero-order valence-electron chi connectivity index (χ0n) is 9.20. The van der Waals surface area contributed by atoms with Crippen molar-refractivity contribution in [2.45, 2.75) is 31.3 Å². The fourth-order valence-electron chi connectivity index (χ4n) is 2.59. The molecule has 0 saturated heterocycles. The maximum absolute atomic E-state index is 10.8. The van der Waals surface area contributed by atoms with Crippen LogP contribution in [0.2, 0.25) is 0 Å². The standard InChI is InChI=1S/C12H19NOS/c1-13-9-10-5-2-3-7-12(10,14)11-6-4-8-15-11/h4,6,8,10,13-14H,2-3,5,7,9H2,1H3.